The second-order valence-corrected chi connectivity index (χ2v) is 5.87. The van der Waals surface area contributed by atoms with Gasteiger partial charge in [0.1, 0.15) is 0 Å². The number of hydrogen-bond acceptors (Lipinski definition) is 1. The minimum atomic E-state index is 0.598. The normalized spacial score (nSPS) is 27.9. The molecule has 0 radical (unpaired) electrons. The summed E-state index contributed by atoms with van der Waals surface area (Å²) in [6.45, 7) is 2.39. The van der Waals surface area contributed by atoms with E-state index in [1.807, 2.05) is 0 Å². The van der Waals surface area contributed by atoms with Crippen molar-refractivity contribution in [3.05, 3.63) is 34.3 Å². The summed E-state index contributed by atoms with van der Waals surface area (Å²) in [6, 6.07) is 8.84. The minimum absolute atomic E-state index is 0.598. The lowest BCUT2D eigenvalue weighted by Crippen LogP contribution is -2.36. The number of hydrogen-bond donors (Lipinski definition) is 1. The number of nitrogens with one attached hydrogen (secondary N) is 1. The monoisotopic (exact) mass is 265 g/mol. The standard InChI is InChI=1S/C13H16BrN/c14-11-4-1-3-10(7-11)12-8-15-9-13(12)5-2-6-13/h1,3-4,7,12,15H,2,5-6,8-9H2. The highest BCUT2D eigenvalue weighted by atomic mass is 79.9. The maximum absolute atomic E-state index is 3.57. The van der Waals surface area contributed by atoms with Crippen molar-refractivity contribution in [1.29, 1.82) is 0 Å². The van der Waals surface area contributed by atoms with Crippen molar-refractivity contribution in [3.8, 4) is 0 Å². The molecule has 0 amide bonds. The van der Waals surface area contributed by atoms with Crippen LogP contribution in [0.2, 0.25) is 0 Å². The van der Waals surface area contributed by atoms with Crippen LogP contribution in [0.4, 0.5) is 0 Å². The largest absolute Gasteiger partial charge is 0.316 e. The summed E-state index contributed by atoms with van der Waals surface area (Å²) in [6.07, 6.45) is 4.25. The molecule has 1 aliphatic heterocycles. The summed E-state index contributed by atoms with van der Waals surface area (Å²) >= 11 is 3.57. The van der Waals surface area contributed by atoms with Crippen molar-refractivity contribution in [2.75, 3.05) is 13.1 Å². The first-order valence-electron chi connectivity index (χ1n) is 5.76. The first kappa shape index (κ1) is 9.86. The van der Waals surface area contributed by atoms with Crippen LogP contribution in [-0.2, 0) is 0 Å². The highest BCUT2D eigenvalue weighted by Crippen LogP contribution is 2.53. The van der Waals surface area contributed by atoms with Gasteiger partial charge < -0.3 is 5.32 Å². The van der Waals surface area contributed by atoms with Gasteiger partial charge in [0.2, 0.25) is 0 Å². The van der Waals surface area contributed by atoms with Crippen LogP contribution in [0.3, 0.4) is 0 Å². The molecule has 1 saturated heterocycles. The van der Waals surface area contributed by atoms with Crippen molar-refractivity contribution in [2.24, 2.45) is 5.41 Å². The van der Waals surface area contributed by atoms with Crippen molar-refractivity contribution in [3.63, 3.8) is 0 Å². The minimum Gasteiger partial charge on any atom is -0.316 e. The van der Waals surface area contributed by atoms with E-state index in [1.54, 1.807) is 0 Å². The zero-order valence-electron chi connectivity index (χ0n) is 8.80. The van der Waals surface area contributed by atoms with Gasteiger partial charge in [-0.2, -0.15) is 0 Å². The van der Waals surface area contributed by atoms with Crippen LogP contribution < -0.4 is 5.32 Å². The van der Waals surface area contributed by atoms with Crippen molar-refractivity contribution in [2.45, 2.75) is 25.2 Å². The molecule has 1 heterocycles. The lowest BCUT2D eigenvalue weighted by atomic mass is 9.61. The van der Waals surface area contributed by atoms with Gasteiger partial charge in [0.05, 0.1) is 0 Å². The Morgan fingerprint density at radius 1 is 1.33 bits per heavy atom. The second kappa shape index (κ2) is 3.60. The van der Waals surface area contributed by atoms with Gasteiger partial charge in [0, 0.05) is 23.5 Å². The summed E-state index contributed by atoms with van der Waals surface area (Å²) < 4.78 is 1.21. The first-order chi connectivity index (χ1) is 7.30. The topological polar surface area (TPSA) is 12.0 Å². The Bertz CT molecular complexity index is 371. The van der Waals surface area contributed by atoms with E-state index in [-0.39, 0.29) is 0 Å². The van der Waals surface area contributed by atoms with E-state index >= 15 is 0 Å². The Labute approximate surface area is 99.4 Å². The molecule has 1 aliphatic carbocycles. The van der Waals surface area contributed by atoms with Gasteiger partial charge in [0.25, 0.3) is 0 Å². The van der Waals surface area contributed by atoms with Crippen LogP contribution >= 0.6 is 15.9 Å². The molecule has 2 aliphatic rings. The zero-order valence-corrected chi connectivity index (χ0v) is 10.4. The summed E-state index contributed by atoms with van der Waals surface area (Å²) in [5.74, 6) is 0.740. The molecule has 0 aromatic heterocycles. The summed E-state index contributed by atoms with van der Waals surface area (Å²) in [7, 11) is 0. The van der Waals surface area contributed by atoms with Crippen LogP contribution in [0, 0.1) is 5.41 Å². The Morgan fingerprint density at radius 3 is 2.87 bits per heavy atom. The lowest BCUT2D eigenvalue weighted by molar-refractivity contribution is 0.137. The fraction of sp³-hybridized carbons (Fsp3) is 0.538. The number of rotatable bonds is 1. The third-order valence-corrected chi connectivity index (χ3v) is 4.66. The van der Waals surface area contributed by atoms with Crippen LogP contribution in [0.5, 0.6) is 0 Å². The fourth-order valence-corrected chi connectivity index (χ4v) is 3.57. The smallest absolute Gasteiger partial charge is 0.0178 e. The second-order valence-electron chi connectivity index (χ2n) is 4.95. The molecule has 1 saturated carbocycles. The van der Waals surface area contributed by atoms with Crippen molar-refractivity contribution < 1.29 is 0 Å². The molecule has 1 unspecified atom stereocenters. The van der Waals surface area contributed by atoms with Crippen molar-refractivity contribution >= 4 is 15.9 Å². The molecule has 1 spiro atoms. The number of halogens is 1. The maximum Gasteiger partial charge on any atom is 0.0178 e. The summed E-state index contributed by atoms with van der Waals surface area (Å²) in [4.78, 5) is 0. The van der Waals surface area contributed by atoms with Gasteiger partial charge in [-0.15, -0.1) is 0 Å². The molecule has 3 rings (SSSR count). The predicted molar refractivity (Wildman–Crippen MR) is 66.0 cm³/mol. The molecule has 2 fully saturated rings. The first-order valence-corrected chi connectivity index (χ1v) is 6.56. The van der Waals surface area contributed by atoms with E-state index in [0.717, 1.165) is 12.5 Å². The van der Waals surface area contributed by atoms with Crippen LogP contribution in [0.25, 0.3) is 0 Å². The van der Waals surface area contributed by atoms with Crippen LogP contribution in [0.15, 0.2) is 28.7 Å². The molecule has 1 nitrogen and oxygen atoms in total. The molecule has 1 N–H and O–H groups in total. The third kappa shape index (κ3) is 1.55. The molecule has 1 aromatic carbocycles. The molecule has 2 heteroatoms. The highest BCUT2D eigenvalue weighted by molar-refractivity contribution is 9.10. The van der Waals surface area contributed by atoms with Crippen LogP contribution in [0.1, 0.15) is 30.7 Å². The molecular weight excluding hydrogens is 250 g/mol. The van der Waals surface area contributed by atoms with Gasteiger partial charge in [-0.05, 0) is 36.0 Å². The van der Waals surface area contributed by atoms with E-state index in [0.29, 0.717) is 5.41 Å². The van der Waals surface area contributed by atoms with Gasteiger partial charge in [-0.3, -0.25) is 0 Å². The van der Waals surface area contributed by atoms with Crippen LogP contribution in [-0.4, -0.2) is 13.1 Å². The summed E-state index contributed by atoms with van der Waals surface area (Å²) in [5, 5.41) is 3.57. The predicted octanol–water partition coefficient (Wildman–Crippen LogP) is 3.31. The quantitative estimate of drug-likeness (QED) is 0.822. The van der Waals surface area contributed by atoms with Gasteiger partial charge in [-0.1, -0.05) is 34.5 Å². The SMILES string of the molecule is Brc1cccc(C2CNCC23CCC3)c1. The van der Waals surface area contributed by atoms with Gasteiger partial charge in [-0.25, -0.2) is 0 Å². The van der Waals surface area contributed by atoms with E-state index in [4.69, 9.17) is 0 Å². The number of benzene rings is 1. The molecular formula is C13H16BrN. The molecule has 0 bridgehead atoms. The molecule has 80 valence electrons. The van der Waals surface area contributed by atoms with E-state index in [2.05, 4.69) is 45.5 Å². The molecule has 1 atom stereocenters. The molecule has 15 heavy (non-hydrogen) atoms. The van der Waals surface area contributed by atoms with Crippen molar-refractivity contribution in [1.82, 2.24) is 5.32 Å². The Balaban J connectivity index is 1.93. The maximum atomic E-state index is 3.57. The zero-order chi connectivity index (χ0) is 10.3. The van der Waals surface area contributed by atoms with Gasteiger partial charge >= 0.3 is 0 Å². The Kier molecular flexibility index (Phi) is 2.37. The molecule has 1 aromatic rings. The third-order valence-electron chi connectivity index (χ3n) is 4.17. The van der Waals surface area contributed by atoms with E-state index in [1.165, 1.54) is 35.8 Å². The fourth-order valence-electron chi connectivity index (χ4n) is 3.16. The van der Waals surface area contributed by atoms with E-state index < -0.39 is 0 Å². The summed E-state index contributed by atoms with van der Waals surface area (Å²) in [5.41, 5.74) is 2.11. The lowest BCUT2D eigenvalue weighted by Gasteiger charge is -2.43. The van der Waals surface area contributed by atoms with E-state index in [9.17, 15) is 0 Å². The average molecular weight is 266 g/mol. The average Bonchev–Trinajstić information content (AvgIpc) is 2.61. The van der Waals surface area contributed by atoms with Gasteiger partial charge in [0.15, 0.2) is 0 Å². The Hall–Kier alpha value is -0.340. The highest BCUT2D eigenvalue weighted by Gasteiger charge is 2.47. The Morgan fingerprint density at radius 2 is 2.20 bits per heavy atom.